The van der Waals surface area contributed by atoms with Gasteiger partial charge in [0.25, 0.3) is 0 Å². The van der Waals surface area contributed by atoms with Gasteiger partial charge in [0.2, 0.25) is 0 Å². The number of aryl methyl sites for hydroxylation is 1. The summed E-state index contributed by atoms with van der Waals surface area (Å²) < 4.78 is 1.86. The lowest BCUT2D eigenvalue weighted by atomic mass is 10.1. The molecule has 1 aromatic heterocycles. The molecular formula is C9H16N4. The molecule has 0 aliphatic carbocycles. The molecule has 72 valence electrons. The summed E-state index contributed by atoms with van der Waals surface area (Å²) in [6.45, 7) is 3.36. The average molecular weight is 180 g/mol. The first kappa shape index (κ1) is 8.56. The molecule has 2 rings (SSSR count). The topological polar surface area (TPSA) is 41.9 Å². The molecule has 0 spiro atoms. The molecule has 0 saturated carbocycles. The van der Waals surface area contributed by atoms with Gasteiger partial charge in [-0.05, 0) is 25.4 Å². The molecule has 0 radical (unpaired) electrons. The molecule has 1 fully saturated rings. The lowest BCUT2D eigenvalue weighted by molar-refractivity contribution is 0.610. The van der Waals surface area contributed by atoms with Gasteiger partial charge >= 0.3 is 0 Å². The van der Waals surface area contributed by atoms with E-state index < -0.39 is 0 Å². The summed E-state index contributed by atoms with van der Waals surface area (Å²) in [7, 11) is 1.95. The molecule has 13 heavy (non-hydrogen) atoms. The van der Waals surface area contributed by atoms with Crippen LogP contribution >= 0.6 is 0 Å². The van der Waals surface area contributed by atoms with Crippen LogP contribution in [0.4, 0.5) is 5.82 Å². The van der Waals surface area contributed by atoms with E-state index >= 15 is 0 Å². The van der Waals surface area contributed by atoms with Gasteiger partial charge in [0.05, 0.1) is 6.20 Å². The maximum Gasteiger partial charge on any atom is 0.123 e. The Morgan fingerprint density at radius 2 is 2.69 bits per heavy atom. The number of aromatic nitrogens is 2. The van der Waals surface area contributed by atoms with Crippen molar-refractivity contribution in [2.45, 2.75) is 6.42 Å². The monoisotopic (exact) mass is 180 g/mol. The molecule has 1 atom stereocenters. The summed E-state index contributed by atoms with van der Waals surface area (Å²) in [6, 6.07) is 2.00. The highest BCUT2D eigenvalue weighted by atomic mass is 15.3. The van der Waals surface area contributed by atoms with Crippen LogP contribution in [0.2, 0.25) is 0 Å². The zero-order chi connectivity index (χ0) is 9.10. The Bertz CT molecular complexity index is 262. The van der Waals surface area contributed by atoms with Gasteiger partial charge in [-0.3, -0.25) is 4.68 Å². The second-order valence-corrected chi connectivity index (χ2v) is 3.58. The minimum Gasteiger partial charge on any atom is -0.370 e. The van der Waals surface area contributed by atoms with Gasteiger partial charge in [-0.1, -0.05) is 0 Å². The molecule has 1 aliphatic heterocycles. The maximum absolute atomic E-state index is 4.10. The summed E-state index contributed by atoms with van der Waals surface area (Å²) in [5.41, 5.74) is 0. The third kappa shape index (κ3) is 2.01. The number of hydrogen-bond acceptors (Lipinski definition) is 3. The van der Waals surface area contributed by atoms with Crippen LogP contribution < -0.4 is 10.6 Å². The largest absolute Gasteiger partial charge is 0.370 e. The van der Waals surface area contributed by atoms with Crippen LogP contribution in [0.5, 0.6) is 0 Å². The van der Waals surface area contributed by atoms with Crippen molar-refractivity contribution in [2.75, 3.05) is 25.0 Å². The normalized spacial score (nSPS) is 22.1. The van der Waals surface area contributed by atoms with E-state index in [0.717, 1.165) is 31.4 Å². The Morgan fingerprint density at radius 1 is 1.77 bits per heavy atom. The fourth-order valence-electron chi connectivity index (χ4n) is 1.68. The quantitative estimate of drug-likeness (QED) is 0.709. The zero-order valence-corrected chi connectivity index (χ0v) is 7.95. The SMILES string of the molecule is Cn1nccc1NCC1CCNC1. The molecule has 1 aromatic rings. The molecule has 2 heterocycles. The molecule has 4 heteroatoms. The number of nitrogens with one attached hydrogen (secondary N) is 2. The molecule has 0 aromatic carbocycles. The van der Waals surface area contributed by atoms with E-state index in [1.807, 2.05) is 24.0 Å². The van der Waals surface area contributed by atoms with Crippen LogP contribution in [-0.4, -0.2) is 29.4 Å². The fraction of sp³-hybridized carbons (Fsp3) is 0.667. The van der Waals surface area contributed by atoms with E-state index in [9.17, 15) is 0 Å². The summed E-state index contributed by atoms with van der Waals surface area (Å²) in [6.07, 6.45) is 3.10. The first-order valence-corrected chi connectivity index (χ1v) is 4.79. The maximum atomic E-state index is 4.10. The highest BCUT2D eigenvalue weighted by Crippen LogP contribution is 2.09. The second kappa shape index (κ2) is 3.79. The van der Waals surface area contributed by atoms with Crippen molar-refractivity contribution in [3.63, 3.8) is 0 Å². The first-order chi connectivity index (χ1) is 6.36. The van der Waals surface area contributed by atoms with E-state index in [-0.39, 0.29) is 0 Å². The average Bonchev–Trinajstić information content (AvgIpc) is 2.72. The second-order valence-electron chi connectivity index (χ2n) is 3.58. The van der Waals surface area contributed by atoms with Crippen LogP contribution in [0.1, 0.15) is 6.42 Å². The van der Waals surface area contributed by atoms with Crippen molar-refractivity contribution >= 4 is 5.82 Å². The molecule has 4 nitrogen and oxygen atoms in total. The molecule has 1 saturated heterocycles. The van der Waals surface area contributed by atoms with E-state index in [1.54, 1.807) is 0 Å². The summed E-state index contributed by atoms with van der Waals surface area (Å²) in [5, 5.41) is 10.9. The molecule has 0 amide bonds. The Balaban J connectivity index is 1.82. The van der Waals surface area contributed by atoms with Crippen molar-refractivity contribution in [1.29, 1.82) is 0 Å². The van der Waals surface area contributed by atoms with Gasteiger partial charge in [-0.25, -0.2) is 0 Å². The number of nitrogens with zero attached hydrogens (tertiary/aromatic N) is 2. The van der Waals surface area contributed by atoms with Crippen LogP contribution in [0.15, 0.2) is 12.3 Å². The Labute approximate surface area is 78.3 Å². The minimum atomic E-state index is 0.773. The Kier molecular flexibility index (Phi) is 2.49. The van der Waals surface area contributed by atoms with Gasteiger partial charge in [-0.2, -0.15) is 5.10 Å². The predicted molar refractivity (Wildman–Crippen MR) is 52.7 cm³/mol. The van der Waals surface area contributed by atoms with E-state index in [2.05, 4.69) is 15.7 Å². The van der Waals surface area contributed by atoms with Gasteiger partial charge in [0.15, 0.2) is 0 Å². The Morgan fingerprint density at radius 3 is 3.31 bits per heavy atom. The van der Waals surface area contributed by atoms with Gasteiger partial charge in [0, 0.05) is 19.7 Å². The predicted octanol–water partition coefficient (Wildman–Crippen LogP) is 0.441. The molecule has 1 aliphatic rings. The van der Waals surface area contributed by atoms with E-state index in [0.29, 0.717) is 0 Å². The van der Waals surface area contributed by atoms with Crippen LogP contribution in [0.25, 0.3) is 0 Å². The molecule has 0 bridgehead atoms. The van der Waals surface area contributed by atoms with Gasteiger partial charge in [0.1, 0.15) is 5.82 Å². The van der Waals surface area contributed by atoms with E-state index in [1.165, 1.54) is 6.42 Å². The highest BCUT2D eigenvalue weighted by molar-refractivity contribution is 5.33. The van der Waals surface area contributed by atoms with E-state index in [4.69, 9.17) is 0 Å². The minimum absolute atomic E-state index is 0.773. The van der Waals surface area contributed by atoms with Crippen molar-refractivity contribution in [2.24, 2.45) is 13.0 Å². The van der Waals surface area contributed by atoms with Gasteiger partial charge < -0.3 is 10.6 Å². The lowest BCUT2D eigenvalue weighted by Crippen LogP contribution is -2.18. The zero-order valence-electron chi connectivity index (χ0n) is 7.95. The molecule has 2 N–H and O–H groups in total. The van der Waals surface area contributed by atoms with Crippen LogP contribution in [0, 0.1) is 5.92 Å². The number of anilines is 1. The standard InChI is InChI=1S/C9H16N4/c1-13-9(3-5-12-13)11-7-8-2-4-10-6-8/h3,5,8,10-11H,2,4,6-7H2,1H3. The van der Waals surface area contributed by atoms with Crippen LogP contribution in [0.3, 0.4) is 0 Å². The first-order valence-electron chi connectivity index (χ1n) is 4.79. The highest BCUT2D eigenvalue weighted by Gasteiger charge is 2.13. The Hall–Kier alpha value is -1.03. The van der Waals surface area contributed by atoms with Crippen molar-refractivity contribution in [3.05, 3.63) is 12.3 Å². The summed E-state index contributed by atoms with van der Waals surface area (Å²) in [5.74, 6) is 1.88. The number of hydrogen-bond donors (Lipinski definition) is 2. The summed E-state index contributed by atoms with van der Waals surface area (Å²) in [4.78, 5) is 0. The molecule has 1 unspecified atom stereocenters. The van der Waals surface area contributed by atoms with Crippen molar-refractivity contribution in [1.82, 2.24) is 15.1 Å². The fourth-order valence-corrected chi connectivity index (χ4v) is 1.68. The van der Waals surface area contributed by atoms with Gasteiger partial charge in [-0.15, -0.1) is 0 Å². The summed E-state index contributed by atoms with van der Waals surface area (Å²) >= 11 is 0. The number of rotatable bonds is 3. The molecular weight excluding hydrogens is 164 g/mol. The third-order valence-electron chi connectivity index (χ3n) is 2.56. The van der Waals surface area contributed by atoms with Crippen LogP contribution in [-0.2, 0) is 7.05 Å². The lowest BCUT2D eigenvalue weighted by Gasteiger charge is -2.10. The smallest absolute Gasteiger partial charge is 0.123 e. The third-order valence-corrected chi connectivity index (χ3v) is 2.56. The van der Waals surface area contributed by atoms with Crippen molar-refractivity contribution < 1.29 is 0 Å². The van der Waals surface area contributed by atoms with Crippen molar-refractivity contribution in [3.8, 4) is 0 Å².